The van der Waals surface area contributed by atoms with E-state index in [1.807, 2.05) is 0 Å². The molecule has 0 heterocycles. The maximum atomic E-state index is 11.0. The van der Waals surface area contributed by atoms with Gasteiger partial charge in [-0.2, -0.15) is 0 Å². The summed E-state index contributed by atoms with van der Waals surface area (Å²) in [6.07, 6.45) is 4.75. The van der Waals surface area contributed by atoms with Gasteiger partial charge in [-0.25, -0.2) is 4.79 Å². The van der Waals surface area contributed by atoms with E-state index in [4.69, 9.17) is 4.74 Å². The minimum Gasteiger partial charge on any atom is -0.459 e. The highest BCUT2D eigenvalue weighted by Crippen LogP contribution is 2.35. The molecule has 1 aliphatic carbocycles. The predicted octanol–water partition coefficient (Wildman–Crippen LogP) is 2.54. The molecular weight excluding hydrogens is 164 g/mol. The smallest absolute Gasteiger partial charge is 0.330 e. The molecule has 2 heteroatoms. The number of esters is 1. The lowest BCUT2D eigenvalue weighted by Gasteiger charge is -2.19. The Balaban J connectivity index is 2.45. The maximum Gasteiger partial charge on any atom is 0.330 e. The summed E-state index contributed by atoms with van der Waals surface area (Å²) in [6.45, 7) is 7.75. The van der Waals surface area contributed by atoms with Gasteiger partial charge in [-0.1, -0.05) is 26.8 Å². The summed E-state index contributed by atoms with van der Waals surface area (Å²) in [6, 6.07) is 0. The average molecular weight is 182 g/mol. The van der Waals surface area contributed by atoms with Crippen molar-refractivity contribution in [1.29, 1.82) is 0 Å². The third-order valence-corrected chi connectivity index (χ3v) is 3.11. The minimum atomic E-state index is -0.284. The van der Waals surface area contributed by atoms with E-state index >= 15 is 0 Å². The van der Waals surface area contributed by atoms with Gasteiger partial charge in [0.2, 0.25) is 0 Å². The monoisotopic (exact) mass is 182 g/mol. The molecule has 0 amide bonds. The van der Waals surface area contributed by atoms with Crippen LogP contribution in [0, 0.1) is 11.8 Å². The third-order valence-electron chi connectivity index (χ3n) is 3.11. The first-order valence-electron chi connectivity index (χ1n) is 5.02. The van der Waals surface area contributed by atoms with Crippen LogP contribution in [0.3, 0.4) is 0 Å². The van der Waals surface area contributed by atoms with Gasteiger partial charge in [0.15, 0.2) is 0 Å². The molecule has 0 aromatic heterocycles. The van der Waals surface area contributed by atoms with Crippen LogP contribution in [0.1, 0.15) is 33.1 Å². The highest BCUT2D eigenvalue weighted by atomic mass is 16.5. The summed E-state index contributed by atoms with van der Waals surface area (Å²) in [5.74, 6) is 0.949. The summed E-state index contributed by atoms with van der Waals surface area (Å²) < 4.78 is 5.25. The van der Waals surface area contributed by atoms with Crippen LogP contribution < -0.4 is 0 Å². The van der Waals surface area contributed by atoms with E-state index in [2.05, 4.69) is 20.4 Å². The fourth-order valence-electron chi connectivity index (χ4n) is 2.15. The van der Waals surface area contributed by atoms with Gasteiger partial charge in [-0.3, -0.25) is 0 Å². The Bertz CT molecular complexity index is 198. The first-order valence-corrected chi connectivity index (χ1v) is 5.02. The zero-order valence-electron chi connectivity index (χ0n) is 8.45. The van der Waals surface area contributed by atoms with Crippen molar-refractivity contribution in [3.05, 3.63) is 12.7 Å². The zero-order valence-corrected chi connectivity index (χ0v) is 8.45. The van der Waals surface area contributed by atoms with Gasteiger partial charge < -0.3 is 4.74 Å². The summed E-state index contributed by atoms with van der Waals surface area (Å²) >= 11 is 0. The Morgan fingerprint density at radius 3 is 2.77 bits per heavy atom. The van der Waals surface area contributed by atoms with Gasteiger partial charge in [0.05, 0.1) is 0 Å². The van der Waals surface area contributed by atoms with E-state index in [0.29, 0.717) is 5.92 Å². The number of carbonyl (C=O) groups is 1. The van der Waals surface area contributed by atoms with E-state index in [1.54, 1.807) is 0 Å². The molecule has 3 atom stereocenters. The number of rotatable bonds is 3. The Hall–Kier alpha value is -0.790. The molecule has 1 rings (SSSR count). The fraction of sp³-hybridized carbons (Fsp3) is 0.727. The molecule has 0 radical (unpaired) electrons. The molecule has 74 valence electrons. The molecule has 0 saturated heterocycles. The van der Waals surface area contributed by atoms with Crippen molar-refractivity contribution in [2.24, 2.45) is 11.8 Å². The molecule has 1 fully saturated rings. The summed E-state index contributed by atoms with van der Waals surface area (Å²) in [5, 5.41) is 0. The van der Waals surface area contributed by atoms with E-state index in [-0.39, 0.29) is 12.1 Å². The molecule has 0 spiro atoms. The Labute approximate surface area is 80.0 Å². The van der Waals surface area contributed by atoms with Crippen LogP contribution in [0.5, 0.6) is 0 Å². The Morgan fingerprint density at radius 1 is 1.62 bits per heavy atom. The second-order valence-corrected chi connectivity index (χ2v) is 3.78. The van der Waals surface area contributed by atoms with Gasteiger partial charge in [-0.15, -0.1) is 0 Å². The lowest BCUT2D eigenvalue weighted by Crippen LogP contribution is -2.21. The van der Waals surface area contributed by atoms with E-state index in [9.17, 15) is 4.79 Å². The number of ether oxygens (including phenoxy) is 1. The van der Waals surface area contributed by atoms with Crippen LogP contribution in [0.25, 0.3) is 0 Å². The fourth-order valence-corrected chi connectivity index (χ4v) is 2.15. The zero-order chi connectivity index (χ0) is 9.84. The first kappa shape index (κ1) is 10.3. The lowest BCUT2D eigenvalue weighted by molar-refractivity contribution is -0.144. The molecule has 0 N–H and O–H groups in total. The normalized spacial score (nSPS) is 32.9. The largest absolute Gasteiger partial charge is 0.459 e. The second kappa shape index (κ2) is 4.45. The van der Waals surface area contributed by atoms with E-state index < -0.39 is 0 Å². The van der Waals surface area contributed by atoms with Crippen LogP contribution in [-0.2, 0) is 9.53 Å². The van der Waals surface area contributed by atoms with Gasteiger partial charge in [0, 0.05) is 6.08 Å². The quantitative estimate of drug-likeness (QED) is 0.495. The first-order chi connectivity index (χ1) is 6.19. The molecule has 1 aliphatic rings. The van der Waals surface area contributed by atoms with Gasteiger partial charge in [0.1, 0.15) is 6.10 Å². The van der Waals surface area contributed by atoms with Crippen LogP contribution in [-0.4, -0.2) is 12.1 Å². The molecule has 2 nitrogen and oxygen atoms in total. The van der Waals surface area contributed by atoms with Crippen LogP contribution in [0.2, 0.25) is 0 Å². The number of carbonyl (C=O) groups excluding carboxylic acids is 1. The summed E-state index contributed by atoms with van der Waals surface area (Å²) in [4.78, 5) is 11.0. The van der Waals surface area contributed by atoms with Crippen molar-refractivity contribution in [2.45, 2.75) is 39.2 Å². The molecule has 0 aliphatic heterocycles. The average Bonchev–Trinajstić information content (AvgIpc) is 2.48. The van der Waals surface area contributed by atoms with Crippen molar-refractivity contribution in [3.63, 3.8) is 0 Å². The molecule has 0 aromatic carbocycles. The second-order valence-electron chi connectivity index (χ2n) is 3.78. The van der Waals surface area contributed by atoms with Crippen molar-refractivity contribution in [1.82, 2.24) is 0 Å². The molecule has 0 bridgehead atoms. The van der Waals surface area contributed by atoms with Crippen molar-refractivity contribution in [2.75, 3.05) is 0 Å². The number of hydrogen-bond donors (Lipinski definition) is 0. The van der Waals surface area contributed by atoms with Crippen LogP contribution in [0.15, 0.2) is 12.7 Å². The van der Waals surface area contributed by atoms with Crippen LogP contribution in [0.4, 0.5) is 0 Å². The highest BCUT2D eigenvalue weighted by Gasteiger charge is 2.33. The summed E-state index contributed by atoms with van der Waals surface area (Å²) in [5.41, 5.74) is 0. The SMILES string of the molecule is C=CC(=O)OC1CCC(CC)C1C. The number of hydrogen-bond acceptors (Lipinski definition) is 2. The van der Waals surface area contributed by atoms with E-state index in [1.165, 1.54) is 18.9 Å². The van der Waals surface area contributed by atoms with E-state index in [0.717, 1.165) is 12.3 Å². The predicted molar refractivity (Wildman–Crippen MR) is 52.3 cm³/mol. The van der Waals surface area contributed by atoms with Crippen molar-refractivity contribution < 1.29 is 9.53 Å². The molecule has 1 saturated carbocycles. The molecule has 3 unspecified atom stereocenters. The van der Waals surface area contributed by atoms with Gasteiger partial charge >= 0.3 is 5.97 Å². The van der Waals surface area contributed by atoms with Gasteiger partial charge in [0.25, 0.3) is 0 Å². The maximum absolute atomic E-state index is 11.0. The topological polar surface area (TPSA) is 26.3 Å². The highest BCUT2D eigenvalue weighted by molar-refractivity contribution is 5.81. The standard InChI is InChI=1S/C11H18O2/c1-4-9-6-7-10(8(9)3)13-11(12)5-2/h5,8-10H,2,4,6-7H2,1,3H3. The Kier molecular flexibility index (Phi) is 3.52. The Morgan fingerprint density at radius 2 is 2.31 bits per heavy atom. The summed E-state index contributed by atoms with van der Waals surface area (Å²) in [7, 11) is 0. The third kappa shape index (κ3) is 2.33. The van der Waals surface area contributed by atoms with Gasteiger partial charge in [-0.05, 0) is 24.7 Å². The lowest BCUT2D eigenvalue weighted by atomic mass is 9.95. The molecule has 0 aromatic rings. The molecular formula is C11H18O2. The molecule has 13 heavy (non-hydrogen) atoms. The minimum absolute atomic E-state index is 0.121. The van der Waals surface area contributed by atoms with Crippen LogP contribution >= 0.6 is 0 Å². The van der Waals surface area contributed by atoms with Crippen molar-refractivity contribution in [3.8, 4) is 0 Å². The van der Waals surface area contributed by atoms with Crippen molar-refractivity contribution >= 4 is 5.97 Å².